The Kier molecular flexibility index (Phi) is 11.5. The maximum absolute atomic E-state index is 12.0. The lowest BCUT2D eigenvalue weighted by atomic mass is 10.0. The van der Waals surface area contributed by atoms with Crippen molar-refractivity contribution in [3.63, 3.8) is 0 Å². The van der Waals surface area contributed by atoms with Gasteiger partial charge in [-0.15, -0.1) is 11.3 Å². The summed E-state index contributed by atoms with van der Waals surface area (Å²) in [7, 11) is 0. The molecule has 6 rings (SSSR count). The number of carbonyl (C=O) groups excluding carboxylic acids is 1. The van der Waals surface area contributed by atoms with Crippen LogP contribution in [0.25, 0.3) is 56.8 Å². The third kappa shape index (κ3) is 7.79. The SMILES string of the molecule is CCCCCc1c2nc(c(CCCCC)c3ccc([nH]3)c(-c3ccc(SC(C)=O)s3)c3ccc([nH]3)c(CCCCC)c3nc1C=C3)C=C2. The molecular formula is C41H48N4OS2. The maximum Gasteiger partial charge on any atom is 0.191 e. The molecule has 0 saturated heterocycles. The average Bonchev–Trinajstić information content (AvgIpc) is 3.92. The van der Waals surface area contributed by atoms with Crippen molar-refractivity contribution in [2.24, 2.45) is 0 Å². The number of aromatic nitrogens is 4. The summed E-state index contributed by atoms with van der Waals surface area (Å²) < 4.78 is 1.00. The predicted octanol–water partition coefficient (Wildman–Crippen LogP) is 12.2. The molecule has 0 atom stereocenters. The van der Waals surface area contributed by atoms with Gasteiger partial charge < -0.3 is 9.97 Å². The van der Waals surface area contributed by atoms with Crippen molar-refractivity contribution < 1.29 is 4.79 Å². The molecule has 250 valence electrons. The number of aryl methyl sites for hydroxylation is 2. The first-order valence-corrected chi connectivity index (χ1v) is 19.5. The number of thioether (sulfide) groups is 1. The standard InChI is InChI=1S/C41H48N4OS2/c1-5-8-11-14-28-31-17-19-33(42-31)29(15-12-9-6-2)35-21-23-37(44-35)41(39-25-26-40(48-39)47-27(4)46)38-24-22-36(45-38)30(16-13-10-7-3)34-20-18-32(28)43-34/h17-26,44-45H,5-16H2,1-4H3. The van der Waals surface area contributed by atoms with Crippen LogP contribution < -0.4 is 0 Å². The number of rotatable bonds is 14. The average molecular weight is 677 g/mol. The zero-order valence-electron chi connectivity index (χ0n) is 28.9. The van der Waals surface area contributed by atoms with Crippen LogP contribution in [-0.4, -0.2) is 25.1 Å². The number of carbonyl (C=O) groups is 1. The first kappa shape index (κ1) is 34.2. The van der Waals surface area contributed by atoms with Gasteiger partial charge in [0.25, 0.3) is 0 Å². The number of aromatic amines is 2. The number of nitrogens with one attached hydrogen (secondary N) is 2. The first-order chi connectivity index (χ1) is 23.5. The molecule has 7 heteroatoms. The minimum absolute atomic E-state index is 0.0993. The maximum atomic E-state index is 12.0. The summed E-state index contributed by atoms with van der Waals surface area (Å²) in [5.41, 5.74) is 13.4. The van der Waals surface area contributed by atoms with Crippen LogP contribution in [0.1, 0.15) is 125 Å². The third-order valence-electron chi connectivity index (χ3n) is 9.24. The van der Waals surface area contributed by atoms with Crippen molar-refractivity contribution in [1.29, 1.82) is 0 Å². The molecule has 0 radical (unpaired) electrons. The second-order valence-corrected chi connectivity index (χ2v) is 15.5. The van der Waals surface area contributed by atoms with Crippen LogP contribution in [0, 0.1) is 0 Å². The van der Waals surface area contributed by atoms with Gasteiger partial charge in [0, 0.05) is 56.1 Å². The van der Waals surface area contributed by atoms with E-state index >= 15 is 0 Å². The number of H-pyrrole nitrogens is 2. The van der Waals surface area contributed by atoms with Gasteiger partial charge in [-0.05, 0) is 111 Å². The predicted molar refractivity (Wildman–Crippen MR) is 208 cm³/mol. The Labute approximate surface area is 293 Å². The smallest absolute Gasteiger partial charge is 0.191 e. The molecule has 0 aromatic carbocycles. The molecule has 8 bridgehead atoms. The summed E-state index contributed by atoms with van der Waals surface area (Å²) in [6.45, 7) is 8.40. The fourth-order valence-corrected chi connectivity index (χ4v) is 8.75. The Morgan fingerprint density at radius 2 is 1.04 bits per heavy atom. The van der Waals surface area contributed by atoms with Gasteiger partial charge >= 0.3 is 0 Å². The molecular weight excluding hydrogens is 629 g/mol. The van der Waals surface area contributed by atoms with Crippen LogP contribution in [0.4, 0.5) is 0 Å². The van der Waals surface area contributed by atoms with Crippen LogP contribution in [0.15, 0.2) is 40.6 Å². The fourth-order valence-electron chi connectivity index (χ4n) is 6.74. The highest BCUT2D eigenvalue weighted by atomic mass is 32.2. The highest BCUT2D eigenvalue weighted by Crippen LogP contribution is 2.38. The Bertz CT molecular complexity index is 1880. The van der Waals surface area contributed by atoms with E-state index in [-0.39, 0.29) is 5.12 Å². The molecule has 48 heavy (non-hydrogen) atoms. The number of unbranched alkanes of at least 4 members (excludes halogenated alkanes) is 6. The summed E-state index contributed by atoms with van der Waals surface area (Å²) >= 11 is 2.96. The Morgan fingerprint density at radius 3 is 1.50 bits per heavy atom. The molecule has 2 aliphatic rings. The number of nitrogens with zero attached hydrogens (tertiary/aromatic N) is 2. The summed E-state index contributed by atoms with van der Waals surface area (Å²) in [5.74, 6) is 0. The molecule has 0 aliphatic carbocycles. The molecule has 0 fully saturated rings. The zero-order valence-corrected chi connectivity index (χ0v) is 30.5. The van der Waals surface area contributed by atoms with Gasteiger partial charge in [-0.3, -0.25) is 4.79 Å². The lowest BCUT2D eigenvalue weighted by molar-refractivity contribution is -0.109. The van der Waals surface area contributed by atoms with E-state index in [4.69, 9.17) is 9.97 Å². The van der Waals surface area contributed by atoms with Gasteiger partial charge in [-0.2, -0.15) is 0 Å². The summed E-state index contributed by atoms with van der Waals surface area (Å²) in [6, 6.07) is 13.1. The topological polar surface area (TPSA) is 74.4 Å². The van der Waals surface area contributed by atoms with Gasteiger partial charge in [0.05, 0.1) is 27.0 Å². The van der Waals surface area contributed by atoms with Crippen molar-refractivity contribution in [3.8, 4) is 10.4 Å². The van der Waals surface area contributed by atoms with E-state index in [1.54, 1.807) is 18.3 Å². The summed E-state index contributed by atoms with van der Waals surface area (Å²) in [4.78, 5) is 31.5. The molecule has 0 spiro atoms. The minimum Gasteiger partial charge on any atom is -0.355 e. The van der Waals surface area contributed by atoms with Gasteiger partial charge in [0.15, 0.2) is 5.12 Å². The lowest BCUT2D eigenvalue weighted by Gasteiger charge is -2.06. The van der Waals surface area contributed by atoms with E-state index < -0.39 is 0 Å². The van der Waals surface area contributed by atoms with Crippen molar-refractivity contribution in [1.82, 2.24) is 19.9 Å². The van der Waals surface area contributed by atoms with Crippen LogP contribution in [0.5, 0.6) is 0 Å². The first-order valence-electron chi connectivity index (χ1n) is 17.9. The van der Waals surface area contributed by atoms with Crippen LogP contribution in [0.2, 0.25) is 0 Å². The number of thiophene rings is 1. The summed E-state index contributed by atoms with van der Waals surface area (Å²) in [6.07, 6.45) is 22.2. The number of fused-ring (bicyclic) bond motifs is 8. The molecule has 0 unspecified atom stereocenters. The molecule has 4 aromatic heterocycles. The van der Waals surface area contributed by atoms with Crippen molar-refractivity contribution in [3.05, 3.63) is 75.9 Å². The Morgan fingerprint density at radius 1 is 0.604 bits per heavy atom. The van der Waals surface area contributed by atoms with Gasteiger partial charge in [0.1, 0.15) is 0 Å². The van der Waals surface area contributed by atoms with E-state index in [2.05, 4.69) is 91.4 Å². The van der Waals surface area contributed by atoms with E-state index in [9.17, 15) is 4.79 Å². The van der Waals surface area contributed by atoms with E-state index in [1.165, 1.54) is 67.0 Å². The molecule has 4 aromatic rings. The van der Waals surface area contributed by atoms with Crippen LogP contribution in [0.3, 0.4) is 0 Å². The highest BCUT2D eigenvalue weighted by molar-refractivity contribution is 8.15. The molecule has 5 nitrogen and oxygen atoms in total. The van der Waals surface area contributed by atoms with E-state index in [0.29, 0.717) is 0 Å². The fraction of sp³-hybridized carbons (Fsp3) is 0.390. The number of hydrogen-bond acceptors (Lipinski definition) is 5. The number of hydrogen-bond donors (Lipinski definition) is 2. The Hall–Kier alpha value is -3.68. The van der Waals surface area contributed by atoms with E-state index in [0.717, 1.165) is 98.0 Å². The lowest BCUT2D eigenvalue weighted by Crippen LogP contribution is -1.97. The molecule has 0 saturated carbocycles. The second kappa shape index (κ2) is 16.1. The monoisotopic (exact) mass is 676 g/mol. The van der Waals surface area contributed by atoms with E-state index in [1.807, 2.05) is 0 Å². The quantitative estimate of drug-likeness (QED) is 0.0889. The highest BCUT2D eigenvalue weighted by Gasteiger charge is 2.18. The van der Waals surface area contributed by atoms with Crippen molar-refractivity contribution in [2.75, 3.05) is 0 Å². The third-order valence-corrected chi connectivity index (χ3v) is 11.3. The van der Waals surface area contributed by atoms with Gasteiger partial charge in [-0.25, -0.2) is 9.97 Å². The van der Waals surface area contributed by atoms with Crippen molar-refractivity contribution in [2.45, 2.75) is 109 Å². The van der Waals surface area contributed by atoms with Crippen LogP contribution >= 0.6 is 23.1 Å². The molecule has 6 heterocycles. The molecule has 2 aliphatic heterocycles. The van der Waals surface area contributed by atoms with Crippen molar-refractivity contribution >= 4 is 74.6 Å². The largest absolute Gasteiger partial charge is 0.355 e. The molecule has 2 N–H and O–H groups in total. The Balaban J connectivity index is 1.68. The normalized spacial score (nSPS) is 12.3. The minimum atomic E-state index is 0.0993. The zero-order chi connectivity index (χ0) is 33.5. The summed E-state index contributed by atoms with van der Waals surface area (Å²) in [5, 5.41) is 0.0993. The van der Waals surface area contributed by atoms with Gasteiger partial charge in [-0.1, -0.05) is 59.3 Å². The second-order valence-electron chi connectivity index (χ2n) is 12.9. The van der Waals surface area contributed by atoms with Crippen LogP contribution in [-0.2, 0) is 24.1 Å². The van der Waals surface area contributed by atoms with Gasteiger partial charge in [0.2, 0.25) is 0 Å². The molecule has 0 amide bonds.